The zero-order valence-electron chi connectivity index (χ0n) is 6.39. The van der Waals surface area contributed by atoms with Crippen LogP contribution in [0.4, 0.5) is 0 Å². The molecular formula is C6H12N2O3. The van der Waals surface area contributed by atoms with Gasteiger partial charge in [-0.3, -0.25) is 0 Å². The van der Waals surface area contributed by atoms with Crippen LogP contribution in [0.5, 0.6) is 0 Å². The van der Waals surface area contributed by atoms with Gasteiger partial charge in [0.2, 0.25) is 12.2 Å². The third-order valence-electron chi connectivity index (χ3n) is 0.512. The predicted molar refractivity (Wildman–Crippen MR) is 38.8 cm³/mol. The highest BCUT2D eigenvalue weighted by Gasteiger charge is 1.69. The highest BCUT2D eigenvalue weighted by molar-refractivity contribution is 5.26. The van der Waals surface area contributed by atoms with E-state index in [1.54, 1.807) is 0 Å². The molecule has 0 unspecified atom stereocenters. The summed E-state index contributed by atoms with van der Waals surface area (Å²) in [7, 11) is 0. The van der Waals surface area contributed by atoms with Crippen molar-refractivity contribution in [1.82, 2.24) is 0 Å². The van der Waals surface area contributed by atoms with Crippen LogP contribution < -0.4 is 0 Å². The van der Waals surface area contributed by atoms with E-state index in [2.05, 4.69) is 6.92 Å². The molecule has 0 heterocycles. The Kier molecular flexibility index (Phi) is 55.9. The van der Waals surface area contributed by atoms with E-state index in [0.29, 0.717) is 6.61 Å². The fourth-order valence-corrected chi connectivity index (χ4v) is 0.158. The third-order valence-corrected chi connectivity index (χ3v) is 0.512. The summed E-state index contributed by atoms with van der Waals surface area (Å²) in [6.07, 6.45) is 3.54. The Morgan fingerprint density at radius 3 is 1.55 bits per heavy atom. The highest BCUT2D eigenvalue weighted by atomic mass is 16.2. The number of carbonyl (C=O) groups excluding carboxylic acids is 2. The van der Waals surface area contributed by atoms with Crippen LogP contribution in [-0.2, 0) is 9.59 Å². The molecule has 3 N–H and O–H groups in total. The lowest BCUT2D eigenvalue weighted by atomic mass is 10.4. The fourth-order valence-electron chi connectivity index (χ4n) is 0.158. The summed E-state index contributed by atoms with van der Waals surface area (Å²) in [5.41, 5.74) is 0. The molecular weight excluding hydrogens is 148 g/mol. The van der Waals surface area contributed by atoms with Crippen molar-refractivity contribution in [2.75, 3.05) is 6.61 Å². The summed E-state index contributed by atoms with van der Waals surface area (Å²) in [5, 5.41) is 18.9. The zero-order chi connectivity index (χ0) is 9.54. The van der Waals surface area contributed by atoms with Gasteiger partial charge in [-0.25, -0.2) is 20.4 Å². The molecule has 0 aliphatic heterocycles. The molecule has 0 aromatic heterocycles. The van der Waals surface area contributed by atoms with Crippen molar-refractivity contribution in [2.24, 2.45) is 0 Å². The Labute approximate surface area is 65.1 Å². The molecule has 0 spiro atoms. The number of rotatable bonds is 2. The van der Waals surface area contributed by atoms with Gasteiger partial charge >= 0.3 is 0 Å². The first-order valence-electron chi connectivity index (χ1n) is 2.93. The Hall–Kier alpha value is -1.28. The van der Waals surface area contributed by atoms with E-state index in [9.17, 15) is 0 Å². The SMILES string of the molecule is CCCCO.N=C=O.N=C=O. The standard InChI is InChI=1S/C4H10O.2CHNO/c1-2-3-4-5;2*2-1-3/h5H,2-4H2,1H3;2*2H. The molecule has 0 aromatic carbocycles. The quantitative estimate of drug-likeness (QED) is 0.406. The van der Waals surface area contributed by atoms with Gasteiger partial charge in [-0.05, 0) is 6.42 Å². The van der Waals surface area contributed by atoms with Crippen LogP contribution in [0.2, 0.25) is 0 Å². The van der Waals surface area contributed by atoms with Gasteiger partial charge in [0.25, 0.3) is 0 Å². The minimum atomic E-state index is 0.344. The average Bonchev–Trinajstić information content (AvgIpc) is 1.92. The Morgan fingerprint density at radius 2 is 1.55 bits per heavy atom. The highest BCUT2D eigenvalue weighted by Crippen LogP contribution is 1.78. The molecule has 0 saturated carbocycles. The molecule has 11 heavy (non-hydrogen) atoms. The maximum absolute atomic E-state index is 8.35. The molecule has 0 bridgehead atoms. The Bertz CT molecular complexity index is 99.0. The molecule has 0 amide bonds. The van der Waals surface area contributed by atoms with Crippen molar-refractivity contribution < 1.29 is 14.7 Å². The number of aliphatic hydroxyl groups is 1. The van der Waals surface area contributed by atoms with Crippen LogP contribution in [0, 0.1) is 10.8 Å². The van der Waals surface area contributed by atoms with E-state index in [4.69, 9.17) is 25.5 Å². The van der Waals surface area contributed by atoms with Gasteiger partial charge in [0.1, 0.15) is 0 Å². The van der Waals surface area contributed by atoms with Crippen molar-refractivity contribution in [3.8, 4) is 0 Å². The van der Waals surface area contributed by atoms with Gasteiger partial charge < -0.3 is 5.11 Å². The second-order valence-corrected chi connectivity index (χ2v) is 1.28. The smallest absolute Gasteiger partial charge is 0.231 e. The molecule has 0 aliphatic carbocycles. The number of nitrogens with one attached hydrogen (secondary N) is 2. The molecule has 0 saturated heterocycles. The van der Waals surface area contributed by atoms with E-state index < -0.39 is 0 Å². The lowest BCUT2D eigenvalue weighted by Gasteiger charge is -1.79. The van der Waals surface area contributed by atoms with E-state index in [1.165, 1.54) is 0 Å². The van der Waals surface area contributed by atoms with Crippen LogP contribution >= 0.6 is 0 Å². The zero-order valence-corrected chi connectivity index (χ0v) is 6.39. The van der Waals surface area contributed by atoms with Gasteiger partial charge in [0.15, 0.2) is 0 Å². The summed E-state index contributed by atoms with van der Waals surface area (Å²) in [5.74, 6) is 0. The molecule has 0 aromatic rings. The van der Waals surface area contributed by atoms with Crippen molar-refractivity contribution in [2.45, 2.75) is 19.8 Å². The van der Waals surface area contributed by atoms with E-state index in [0.717, 1.165) is 25.0 Å². The van der Waals surface area contributed by atoms with Gasteiger partial charge in [-0.1, -0.05) is 13.3 Å². The van der Waals surface area contributed by atoms with Crippen LogP contribution in [0.25, 0.3) is 0 Å². The molecule has 64 valence electrons. The average molecular weight is 160 g/mol. The molecule has 0 rings (SSSR count). The number of aliphatic hydroxyl groups excluding tert-OH is 1. The molecule has 0 atom stereocenters. The normalized spacial score (nSPS) is 5.27. The first kappa shape index (κ1) is 16.4. The van der Waals surface area contributed by atoms with Crippen LogP contribution in [0.1, 0.15) is 19.8 Å². The molecule has 0 aliphatic rings. The maximum atomic E-state index is 8.35. The van der Waals surface area contributed by atoms with Gasteiger partial charge in [-0.15, -0.1) is 0 Å². The van der Waals surface area contributed by atoms with Gasteiger partial charge in [-0.2, -0.15) is 0 Å². The molecule has 0 radical (unpaired) electrons. The Balaban J connectivity index is -0.0000000933. The minimum Gasteiger partial charge on any atom is -0.396 e. The van der Waals surface area contributed by atoms with Crippen LogP contribution in [-0.4, -0.2) is 23.9 Å². The predicted octanol–water partition coefficient (Wildman–Crippen LogP) is 0.581. The largest absolute Gasteiger partial charge is 0.396 e. The van der Waals surface area contributed by atoms with Gasteiger partial charge in [0, 0.05) is 6.61 Å². The minimum absolute atomic E-state index is 0.344. The van der Waals surface area contributed by atoms with Crippen molar-refractivity contribution >= 4 is 12.2 Å². The van der Waals surface area contributed by atoms with Crippen molar-refractivity contribution in [3.05, 3.63) is 0 Å². The Morgan fingerprint density at radius 1 is 1.27 bits per heavy atom. The van der Waals surface area contributed by atoms with E-state index >= 15 is 0 Å². The fraction of sp³-hybridized carbons (Fsp3) is 0.667. The number of hydrogen-bond donors (Lipinski definition) is 3. The van der Waals surface area contributed by atoms with Gasteiger partial charge in [0.05, 0.1) is 0 Å². The number of hydrogen-bond acceptors (Lipinski definition) is 5. The summed E-state index contributed by atoms with van der Waals surface area (Å²) in [6, 6.07) is 0. The molecule has 5 nitrogen and oxygen atoms in total. The lowest BCUT2D eigenvalue weighted by molar-refractivity contribution is 0.287. The van der Waals surface area contributed by atoms with Crippen molar-refractivity contribution in [1.29, 1.82) is 10.8 Å². The second-order valence-electron chi connectivity index (χ2n) is 1.28. The summed E-state index contributed by atoms with van der Waals surface area (Å²) >= 11 is 0. The number of unbranched alkanes of at least 4 members (excludes halogenated alkanes) is 1. The maximum Gasteiger partial charge on any atom is 0.231 e. The van der Waals surface area contributed by atoms with E-state index in [1.807, 2.05) is 0 Å². The van der Waals surface area contributed by atoms with Crippen LogP contribution in [0.15, 0.2) is 0 Å². The molecule has 5 heteroatoms. The lowest BCUT2D eigenvalue weighted by Crippen LogP contribution is -1.75. The summed E-state index contributed by atoms with van der Waals surface area (Å²) < 4.78 is 0. The monoisotopic (exact) mass is 160 g/mol. The first-order valence-corrected chi connectivity index (χ1v) is 2.93. The number of isocyanates is 2. The van der Waals surface area contributed by atoms with Crippen LogP contribution in [0.3, 0.4) is 0 Å². The topological polar surface area (TPSA) is 102 Å². The second kappa shape index (κ2) is 37.6. The summed E-state index contributed by atoms with van der Waals surface area (Å²) in [6.45, 7) is 2.40. The third kappa shape index (κ3) is 760. The summed E-state index contributed by atoms with van der Waals surface area (Å²) in [4.78, 5) is 16.7. The van der Waals surface area contributed by atoms with Crippen molar-refractivity contribution in [3.63, 3.8) is 0 Å². The first-order chi connectivity index (χ1) is 5.24. The van der Waals surface area contributed by atoms with E-state index in [-0.39, 0.29) is 0 Å². The molecule has 0 fully saturated rings.